The van der Waals surface area contributed by atoms with Gasteiger partial charge in [-0.2, -0.15) is 0 Å². The zero-order valence-corrected chi connectivity index (χ0v) is 19.4. The molecule has 2 aromatic rings. The summed E-state index contributed by atoms with van der Waals surface area (Å²) in [6.45, 7) is 7.47. The lowest BCUT2D eigenvalue weighted by Gasteiger charge is -2.30. The minimum absolute atomic E-state index is 0.0208. The maximum absolute atomic E-state index is 12.8. The van der Waals surface area contributed by atoms with Gasteiger partial charge in [-0.15, -0.1) is 11.8 Å². The number of fused-ring (bicyclic) bond motifs is 1. The molecular weight excluding hydrogens is 406 g/mol. The van der Waals surface area contributed by atoms with Crippen LogP contribution in [0.25, 0.3) is 0 Å². The molecule has 0 aromatic heterocycles. The number of nitrogens with zero attached hydrogens (tertiary/aromatic N) is 2. The molecular formula is C25H33N3O2S. The van der Waals surface area contributed by atoms with Gasteiger partial charge in [0.25, 0.3) is 0 Å². The topological polar surface area (TPSA) is 52.7 Å². The van der Waals surface area contributed by atoms with Crippen molar-refractivity contribution in [2.75, 3.05) is 36.8 Å². The normalized spacial score (nSPS) is 14.2. The summed E-state index contributed by atoms with van der Waals surface area (Å²) in [5.74, 6) is 0.853. The van der Waals surface area contributed by atoms with Crippen LogP contribution in [0.1, 0.15) is 32.3 Å². The molecule has 2 amide bonds. The van der Waals surface area contributed by atoms with E-state index in [1.807, 2.05) is 35.2 Å². The number of rotatable bonds is 10. The van der Waals surface area contributed by atoms with E-state index in [1.165, 1.54) is 5.56 Å². The molecule has 1 aliphatic heterocycles. The molecule has 0 bridgehead atoms. The van der Waals surface area contributed by atoms with Gasteiger partial charge in [0, 0.05) is 42.6 Å². The molecule has 6 heteroatoms. The average Bonchev–Trinajstić information content (AvgIpc) is 2.81. The van der Waals surface area contributed by atoms with E-state index in [0.717, 1.165) is 35.8 Å². The van der Waals surface area contributed by atoms with Crippen LogP contribution >= 0.6 is 11.8 Å². The highest BCUT2D eigenvalue weighted by Crippen LogP contribution is 2.34. The summed E-state index contributed by atoms with van der Waals surface area (Å²) >= 11 is 1.78. The summed E-state index contributed by atoms with van der Waals surface area (Å²) in [4.78, 5) is 30.6. The lowest BCUT2D eigenvalue weighted by atomic mass is 10.0. The molecule has 3 rings (SSSR count). The SMILES string of the molecule is CCN(CC)C(CNC(=O)CCC(=O)N1CCSc2ccccc21)Cc1ccccc1. The van der Waals surface area contributed by atoms with E-state index in [4.69, 9.17) is 0 Å². The van der Waals surface area contributed by atoms with Crippen molar-refractivity contribution in [2.45, 2.75) is 44.0 Å². The van der Waals surface area contributed by atoms with Crippen molar-refractivity contribution in [3.05, 3.63) is 60.2 Å². The number of amides is 2. The highest BCUT2D eigenvalue weighted by molar-refractivity contribution is 7.99. The lowest BCUT2D eigenvalue weighted by molar-refractivity contribution is -0.125. The van der Waals surface area contributed by atoms with Crippen LogP contribution in [0, 0.1) is 0 Å². The van der Waals surface area contributed by atoms with Gasteiger partial charge >= 0.3 is 0 Å². The van der Waals surface area contributed by atoms with Gasteiger partial charge < -0.3 is 10.2 Å². The third-order valence-corrected chi connectivity index (χ3v) is 6.82. The summed E-state index contributed by atoms with van der Waals surface area (Å²) < 4.78 is 0. The fraction of sp³-hybridized carbons (Fsp3) is 0.440. The maximum atomic E-state index is 12.8. The number of para-hydroxylation sites is 1. The van der Waals surface area contributed by atoms with Gasteiger partial charge in [-0.3, -0.25) is 14.5 Å². The minimum atomic E-state index is -0.0572. The summed E-state index contributed by atoms with van der Waals surface area (Å²) in [6, 6.07) is 18.6. The molecule has 31 heavy (non-hydrogen) atoms. The van der Waals surface area contributed by atoms with Gasteiger partial charge in [0.2, 0.25) is 11.8 Å². The Bertz CT molecular complexity index is 855. The molecule has 0 spiro atoms. The molecule has 1 unspecified atom stereocenters. The van der Waals surface area contributed by atoms with Crippen LogP contribution in [0.3, 0.4) is 0 Å². The first-order valence-electron chi connectivity index (χ1n) is 11.2. The average molecular weight is 440 g/mol. The van der Waals surface area contributed by atoms with E-state index < -0.39 is 0 Å². The summed E-state index contributed by atoms with van der Waals surface area (Å²) in [5, 5.41) is 3.07. The third-order valence-electron chi connectivity index (χ3n) is 5.77. The summed E-state index contributed by atoms with van der Waals surface area (Å²) in [5.41, 5.74) is 2.24. The van der Waals surface area contributed by atoms with Crippen LogP contribution in [0.2, 0.25) is 0 Å². The number of nitrogens with one attached hydrogen (secondary N) is 1. The molecule has 1 aliphatic rings. The first-order valence-corrected chi connectivity index (χ1v) is 12.2. The first-order chi connectivity index (χ1) is 15.1. The van der Waals surface area contributed by atoms with E-state index in [0.29, 0.717) is 13.1 Å². The molecule has 0 saturated carbocycles. The molecule has 166 valence electrons. The van der Waals surface area contributed by atoms with Crippen molar-refractivity contribution in [2.24, 2.45) is 0 Å². The number of hydrogen-bond acceptors (Lipinski definition) is 4. The molecule has 0 saturated heterocycles. The number of carbonyl (C=O) groups is 2. The second-order valence-corrected chi connectivity index (χ2v) is 8.87. The van der Waals surface area contributed by atoms with Crippen LogP contribution < -0.4 is 10.2 Å². The van der Waals surface area contributed by atoms with Crippen LogP contribution in [0.15, 0.2) is 59.5 Å². The number of anilines is 1. The monoisotopic (exact) mass is 439 g/mol. The van der Waals surface area contributed by atoms with Crippen LogP contribution in [0.5, 0.6) is 0 Å². The Kier molecular flexibility index (Phi) is 8.98. The van der Waals surface area contributed by atoms with E-state index in [1.54, 1.807) is 11.8 Å². The van der Waals surface area contributed by atoms with E-state index in [9.17, 15) is 9.59 Å². The van der Waals surface area contributed by atoms with Crippen molar-refractivity contribution < 1.29 is 9.59 Å². The summed E-state index contributed by atoms with van der Waals surface area (Å²) in [6.07, 6.45) is 1.35. The second kappa shape index (κ2) is 11.9. The largest absolute Gasteiger partial charge is 0.355 e. The van der Waals surface area contributed by atoms with Crippen LogP contribution in [-0.4, -0.2) is 54.7 Å². The Morgan fingerprint density at radius 3 is 2.48 bits per heavy atom. The van der Waals surface area contributed by atoms with Gasteiger partial charge in [0.1, 0.15) is 0 Å². The number of likely N-dealkylation sites (N-methyl/N-ethyl adjacent to an activating group) is 1. The highest BCUT2D eigenvalue weighted by atomic mass is 32.2. The Labute approximate surface area is 190 Å². The van der Waals surface area contributed by atoms with E-state index in [-0.39, 0.29) is 30.7 Å². The molecule has 0 radical (unpaired) electrons. The molecule has 1 atom stereocenters. The Morgan fingerprint density at radius 1 is 1.03 bits per heavy atom. The van der Waals surface area contributed by atoms with Crippen molar-refractivity contribution in [3.63, 3.8) is 0 Å². The Morgan fingerprint density at radius 2 is 1.74 bits per heavy atom. The standard InChI is InChI=1S/C25H33N3O2S/c1-3-27(4-2)21(18-20-10-6-5-7-11-20)19-26-24(29)14-15-25(30)28-16-17-31-23-13-9-8-12-22(23)28/h5-13,21H,3-4,14-19H2,1-2H3,(H,26,29). The quantitative estimate of drug-likeness (QED) is 0.609. The predicted molar refractivity (Wildman–Crippen MR) is 129 cm³/mol. The fourth-order valence-electron chi connectivity index (χ4n) is 4.06. The predicted octanol–water partition coefficient (Wildman–Crippen LogP) is 3.97. The van der Waals surface area contributed by atoms with Gasteiger partial charge in [0.15, 0.2) is 0 Å². The van der Waals surface area contributed by atoms with Crippen molar-refractivity contribution in [3.8, 4) is 0 Å². The first kappa shape index (κ1) is 23.4. The molecule has 5 nitrogen and oxygen atoms in total. The van der Waals surface area contributed by atoms with Crippen molar-refractivity contribution in [1.82, 2.24) is 10.2 Å². The molecule has 0 aliphatic carbocycles. The molecule has 1 heterocycles. The zero-order valence-electron chi connectivity index (χ0n) is 18.5. The van der Waals surface area contributed by atoms with Crippen LogP contribution in [0.4, 0.5) is 5.69 Å². The van der Waals surface area contributed by atoms with Gasteiger partial charge in [-0.05, 0) is 37.2 Å². The maximum Gasteiger partial charge on any atom is 0.227 e. The van der Waals surface area contributed by atoms with Gasteiger partial charge in [-0.25, -0.2) is 0 Å². The van der Waals surface area contributed by atoms with Crippen molar-refractivity contribution in [1.29, 1.82) is 0 Å². The highest BCUT2D eigenvalue weighted by Gasteiger charge is 2.23. The lowest BCUT2D eigenvalue weighted by Crippen LogP contribution is -2.45. The number of hydrogen-bond donors (Lipinski definition) is 1. The number of thioether (sulfide) groups is 1. The third kappa shape index (κ3) is 6.58. The second-order valence-electron chi connectivity index (χ2n) is 7.73. The van der Waals surface area contributed by atoms with Crippen LogP contribution in [-0.2, 0) is 16.0 Å². The minimum Gasteiger partial charge on any atom is -0.355 e. The van der Waals surface area contributed by atoms with E-state index >= 15 is 0 Å². The van der Waals surface area contributed by atoms with Crippen molar-refractivity contribution >= 4 is 29.3 Å². The Balaban J connectivity index is 1.51. The fourth-order valence-corrected chi connectivity index (χ4v) is 5.06. The zero-order chi connectivity index (χ0) is 22.1. The van der Waals surface area contributed by atoms with E-state index in [2.05, 4.69) is 48.3 Å². The number of benzene rings is 2. The molecule has 1 N–H and O–H groups in total. The van der Waals surface area contributed by atoms with Gasteiger partial charge in [-0.1, -0.05) is 56.3 Å². The Hall–Kier alpha value is -2.31. The molecule has 2 aromatic carbocycles. The van der Waals surface area contributed by atoms with Gasteiger partial charge in [0.05, 0.1) is 5.69 Å². The summed E-state index contributed by atoms with van der Waals surface area (Å²) in [7, 11) is 0. The smallest absolute Gasteiger partial charge is 0.227 e. The number of carbonyl (C=O) groups excluding carboxylic acids is 2. The molecule has 0 fully saturated rings.